The van der Waals surface area contributed by atoms with Gasteiger partial charge in [0.15, 0.2) is 0 Å². The molecule has 0 atom stereocenters. The third-order valence-corrected chi connectivity index (χ3v) is 13.4. The number of hydrogen-bond donors (Lipinski definition) is 0. The van der Waals surface area contributed by atoms with Crippen LogP contribution in [0.4, 0.5) is 17.1 Å². The second-order valence-electron chi connectivity index (χ2n) is 17.0. The molecular formula is C51H49N. The summed E-state index contributed by atoms with van der Waals surface area (Å²) >= 11 is 0. The summed E-state index contributed by atoms with van der Waals surface area (Å²) in [4.78, 5) is 2.69. The van der Waals surface area contributed by atoms with E-state index in [9.17, 15) is 0 Å². The van der Waals surface area contributed by atoms with Crippen molar-refractivity contribution < 1.29 is 0 Å². The van der Waals surface area contributed by atoms with Gasteiger partial charge in [-0.05, 0) is 167 Å². The molecule has 4 aliphatic carbocycles. The predicted octanol–water partition coefficient (Wildman–Crippen LogP) is 13.5. The van der Waals surface area contributed by atoms with Crippen molar-refractivity contribution in [2.24, 2.45) is 0 Å². The number of nitrogens with zero attached hydrogens (tertiary/aromatic N) is 1. The van der Waals surface area contributed by atoms with E-state index in [1.807, 2.05) is 0 Å². The molecule has 6 aromatic carbocycles. The molecular weight excluding hydrogens is 627 g/mol. The molecule has 0 fully saturated rings. The Kier molecular flexibility index (Phi) is 7.08. The fraction of sp³-hybridized carbons (Fsp3) is 0.294. The van der Waals surface area contributed by atoms with E-state index in [2.05, 4.69) is 149 Å². The first-order valence-corrected chi connectivity index (χ1v) is 19.8. The molecule has 0 saturated heterocycles. The summed E-state index contributed by atoms with van der Waals surface area (Å²) in [6, 6.07) is 42.7. The molecule has 0 saturated carbocycles. The van der Waals surface area contributed by atoms with E-state index in [1.54, 1.807) is 11.1 Å². The highest BCUT2D eigenvalue weighted by Gasteiger charge is 2.39. The van der Waals surface area contributed by atoms with Crippen LogP contribution in [0.2, 0.25) is 0 Å². The smallest absolute Gasteiger partial charge is 0.0543 e. The Bertz CT molecular complexity index is 2440. The number of benzene rings is 6. The molecule has 0 aromatic heterocycles. The standard InChI is InChI=1S/C51H49N/c1-32-25-26-34-16-7-9-19-37(34)49(32)42-30-41-39-21-11-13-23-44(39)51(4,5)46(41)31-48(42)52(47-24-14-17-33-15-6-8-18-36(33)47)35-27-28-40-38-20-10-12-22-43(38)50(2,3)45(40)29-35/h10-14,17,20-31H,6-9,15-16,18-19H2,1-5H3. The van der Waals surface area contributed by atoms with Gasteiger partial charge in [0.2, 0.25) is 0 Å². The Labute approximate surface area is 310 Å². The van der Waals surface area contributed by atoms with Gasteiger partial charge in [0, 0.05) is 27.8 Å². The monoisotopic (exact) mass is 675 g/mol. The summed E-state index contributed by atoms with van der Waals surface area (Å²) in [6.45, 7) is 12.0. The lowest BCUT2D eigenvalue weighted by molar-refractivity contribution is 0.660. The lowest BCUT2D eigenvalue weighted by Crippen LogP contribution is -2.20. The van der Waals surface area contributed by atoms with Crippen LogP contribution in [-0.2, 0) is 36.5 Å². The van der Waals surface area contributed by atoms with Crippen molar-refractivity contribution in [3.8, 4) is 33.4 Å². The number of anilines is 3. The number of rotatable bonds is 4. The normalized spacial score (nSPS) is 17.0. The van der Waals surface area contributed by atoms with Crippen LogP contribution in [0.1, 0.15) is 103 Å². The highest BCUT2D eigenvalue weighted by Crippen LogP contribution is 2.56. The Morgan fingerprint density at radius 3 is 1.77 bits per heavy atom. The first-order valence-electron chi connectivity index (χ1n) is 19.8. The number of hydrogen-bond acceptors (Lipinski definition) is 1. The number of aryl methyl sites for hydroxylation is 3. The molecule has 0 unspecified atom stereocenters. The van der Waals surface area contributed by atoms with E-state index in [4.69, 9.17) is 0 Å². The van der Waals surface area contributed by atoms with Crippen molar-refractivity contribution in [3.63, 3.8) is 0 Å². The van der Waals surface area contributed by atoms with Crippen LogP contribution in [0.25, 0.3) is 33.4 Å². The van der Waals surface area contributed by atoms with Crippen molar-refractivity contribution in [1.82, 2.24) is 0 Å². The molecule has 1 nitrogen and oxygen atoms in total. The van der Waals surface area contributed by atoms with E-state index < -0.39 is 0 Å². The molecule has 0 heterocycles. The van der Waals surface area contributed by atoms with Gasteiger partial charge in [0.1, 0.15) is 0 Å². The molecule has 0 radical (unpaired) electrons. The summed E-state index contributed by atoms with van der Waals surface area (Å²) in [6.07, 6.45) is 9.67. The van der Waals surface area contributed by atoms with Gasteiger partial charge in [-0.3, -0.25) is 0 Å². The Morgan fingerprint density at radius 2 is 1.04 bits per heavy atom. The minimum Gasteiger partial charge on any atom is -0.310 e. The maximum absolute atomic E-state index is 2.69. The molecule has 4 aliphatic rings. The molecule has 0 amide bonds. The Hall–Kier alpha value is -4.88. The Morgan fingerprint density at radius 1 is 0.442 bits per heavy atom. The fourth-order valence-corrected chi connectivity index (χ4v) is 10.7. The average molecular weight is 676 g/mol. The lowest BCUT2D eigenvalue weighted by atomic mass is 9.79. The summed E-state index contributed by atoms with van der Waals surface area (Å²) in [7, 11) is 0. The van der Waals surface area contributed by atoms with E-state index in [-0.39, 0.29) is 10.8 Å². The molecule has 0 aliphatic heterocycles. The molecule has 1 heteroatoms. The van der Waals surface area contributed by atoms with Gasteiger partial charge in [-0.1, -0.05) is 107 Å². The minimum absolute atomic E-state index is 0.0801. The zero-order chi connectivity index (χ0) is 35.4. The van der Waals surface area contributed by atoms with Crippen LogP contribution < -0.4 is 4.90 Å². The summed E-state index contributed by atoms with van der Waals surface area (Å²) in [5, 5.41) is 0. The van der Waals surface area contributed by atoms with Crippen LogP contribution >= 0.6 is 0 Å². The number of fused-ring (bicyclic) bond motifs is 8. The minimum atomic E-state index is -0.103. The van der Waals surface area contributed by atoms with Crippen molar-refractivity contribution in [2.75, 3.05) is 4.90 Å². The molecule has 52 heavy (non-hydrogen) atoms. The molecule has 0 N–H and O–H groups in total. The third-order valence-electron chi connectivity index (χ3n) is 13.4. The van der Waals surface area contributed by atoms with Crippen LogP contribution in [0.15, 0.2) is 109 Å². The van der Waals surface area contributed by atoms with Gasteiger partial charge in [0.25, 0.3) is 0 Å². The SMILES string of the molecule is Cc1ccc2c(c1-c1cc3c(cc1N(c1ccc4c(c1)C(C)(C)c1ccccc1-4)c1cccc4c1CCCC4)C(C)(C)c1ccccc1-3)CCCC2. The van der Waals surface area contributed by atoms with Crippen molar-refractivity contribution in [2.45, 2.75) is 96.8 Å². The maximum Gasteiger partial charge on any atom is 0.0543 e. The van der Waals surface area contributed by atoms with Crippen molar-refractivity contribution in [3.05, 3.63) is 159 Å². The van der Waals surface area contributed by atoms with Crippen molar-refractivity contribution >= 4 is 17.1 Å². The fourth-order valence-electron chi connectivity index (χ4n) is 10.7. The first-order chi connectivity index (χ1) is 25.2. The molecule has 10 rings (SSSR count). The second-order valence-corrected chi connectivity index (χ2v) is 17.0. The second kappa shape index (κ2) is 11.6. The van der Waals surface area contributed by atoms with E-state index in [1.165, 1.54) is 121 Å². The van der Waals surface area contributed by atoms with Gasteiger partial charge in [-0.25, -0.2) is 0 Å². The zero-order valence-electron chi connectivity index (χ0n) is 31.5. The molecule has 6 aromatic rings. The third kappa shape index (κ3) is 4.54. The molecule has 0 spiro atoms. The topological polar surface area (TPSA) is 3.24 Å². The molecule has 258 valence electrons. The van der Waals surface area contributed by atoms with Crippen LogP contribution in [-0.4, -0.2) is 0 Å². The molecule has 0 bridgehead atoms. The van der Waals surface area contributed by atoms with Crippen LogP contribution in [0.5, 0.6) is 0 Å². The van der Waals surface area contributed by atoms with Gasteiger partial charge in [-0.15, -0.1) is 0 Å². The summed E-state index contributed by atoms with van der Waals surface area (Å²) in [5.74, 6) is 0. The van der Waals surface area contributed by atoms with E-state index in [0.717, 1.165) is 19.3 Å². The lowest BCUT2D eigenvalue weighted by Gasteiger charge is -2.35. The Balaban J connectivity index is 1.31. The van der Waals surface area contributed by atoms with Crippen LogP contribution in [0.3, 0.4) is 0 Å². The maximum atomic E-state index is 2.69. The van der Waals surface area contributed by atoms with Gasteiger partial charge in [0.05, 0.1) is 5.69 Å². The largest absolute Gasteiger partial charge is 0.310 e. The van der Waals surface area contributed by atoms with Gasteiger partial charge >= 0.3 is 0 Å². The summed E-state index contributed by atoms with van der Waals surface area (Å²) in [5.41, 5.74) is 25.4. The van der Waals surface area contributed by atoms with Crippen molar-refractivity contribution in [1.29, 1.82) is 0 Å². The van der Waals surface area contributed by atoms with E-state index >= 15 is 0 Å². The van der Waals surface area contributed by atoms with Crippen LogP contribution in [0, 0.1) is 6.92 Å². The van der Waals surface area contributed by atoms with Gasteiger partial charge < -0.3 is 4.90 Å². The zero-order valence-corrected chi connectivity index (χ0v) is 31.5. The summed E-state index contributed by atoms with van der Waals surface area (Å²) < 4.78 is 0. The average Bonchev–Trinajstić information content (AvgIpc) is 3.54. The predicted molar refractivity (Wildman–Crippen MR) is 220 cm³/mol. The highest BCUT2D eigenvalue weighted by molar-refractivity contribution is 5.97. The van der Waals surface area contributed by atoms with E-state index in [0.29, 0.717) is 0 Å². The quantitative estimate of drug-likeness (QED) is 0.180. The highest BCUT2D eigenvalue weighted by atomic mass is 15.1. The first kappa shape index (κ1) is 31.8. The van der Waals surface area contributed by atoms with Gasteiger partial charge in [-0.2, -0.15) is 0 Å².